The Morgan fingerprint density at radius 2 is 2.03 bits per heavy atom. The highest BCUT2D eigenvalue weighted by molar-refractivity contribution is 6.00. The zero-order valence-corrected chi connectivity index (χ0v) is 18.7. The predicted octanol–water partition coefficient (Wildman–Crippen LogP) is 2.76. The number of ether oxygens (including phenoxy) is 1. The van der Waals surface area contributed by atoms with Gasteiger partial charge in [-0.1, -0.05) is 30.3 Å². The van der Waals surface area contributed by atoms with Crippen LogP contribution in [0, 0.1) is 5.82 Å². The first-order valence-corrected chi connectivity index (χ1v) is 11.1. The Morgan fingerprint density at radius 3 is 2.85 bits per heavy atom. The first kappa shape index (κ1) is 23.1. The maximum absolute atomic E-state index is 13.7. The zero-order chi connectivity index (χ0) is 23.2. The lowest BCUT2D eigenvalue weighted by Gasteiger charge is -2.40. The first-order chi connectivity index (χ1) is 16.0. The van der Waals surface area contributed by atoms with Crippen molar-refractivity contribution in [3.63, 3.8) is 0 Å². The number of nitrogens with one attached hydrogen (secondary N) is 1. The molecule has 2 atom stereocenters. The summed E-state index contributed by atoms with van der Waals surface area (Å²) in [6.45, 7) is 4.96. The molecule has 2 N–H and O–H groups in total. The van der Waals surface area contributed by atoms with Gasteiger partial charge in [0.25, 0.3) is 0 Å². The van der Waals surface area contributed by atoms with Crippen LogP contribution in [0.3, 0.4) is 0 Å². The monoisotopic (exact) mass is 452 g/mol. The third kappa shape index (κ3) is 6.04. The lowest BCUT2D eigenvalue weighted by Crippen LogP contribution is -2.55. The number of aliphatic hydroxyl groups excluding tert-OH is 1. The molecule has 1 fully saturated rings. The van der Waals surface area contributed by atoms with Crippen molar-refractivity contribution in [1.29, 1.82) is 0 Å². The number of β-amino-alcohol motifs (C(OH)–C–C–N with tert-alkyl or cyclic N) is 1. The summed E-state index contributed by atoms with van der Waals surface area (Å²) >= 11 is 0. The molecule has 1 saturated heterocycles. The van der Waals surface area contributed by atoms with Crippen molar-refractivity contribution in [2.45, 2.75) is 19.1 Å². The number of pyridine rings is 1. The van der Waals surface area contributed by atoms with Crippen LogP contribution in [0.15, 0.2) is 60.8 Å². The molecule has 2 heterocycles. The molecule has 174 valence electrons. The van der Waals surface area contributed by atoms with Crippen LogP contribution in [0.25, 0.3) is 10.9 Å². The number of fused-ring (bicyclic) bond motifs is 1. The molecule has 0 aliphatic carbocycles. The number of anilines is 1. The summed E-state index contributed by atoms with van der Waals surface area (Å²) in [6.07, 6.45) is 0.982. The summed E-state index contributed by atoms with van der Waals surface area (Å²) in [5.41, 5.74) is 1.49. The summed E-state index contributed by atoms with van der Waals surface area (Å²) in [4.78, 5) is 21.3. The van der Waals surface area contributed by atoms with E-state index in [2.05, 4.69) is 27.0 Å². The van der Waals surface area contributed by atoms with Crippen molar-refractivity contribution in [2.75, 3.05) is 44.6 Å². The van der Waals surface area contributed by atoms with E-state index in [4.69, 9.17) is 4.74 Å². The molecule has 1 aliphatic rings. The SMILES string of the molecule is CC1CN(CC(=O)Nc2cccc3cccnc23)CCN1CC(O)COc1ccccc1F. The van der Waals surface area contributed by atoms with Gasteiger partial charge in [-0.25, -0.2) is 4.39 Å². The molecule has 3 aromatic rings. The fraction of sp³-hybridized carbons (Fsp3) is 0.360. The zero-order valence-electron chi connectivity index (χ0n) is 18.7. The number of aromatic nitrogens is 1. The maximum Gasteiger partial charge on any atom is 0.238 e. The van der Waals surface area contributed by atoms with Gasteiger partial charge in [0, 0.05) is 43.8 Å². The van der Waals surface area contributed by atoms with Crippen molar-refractivity contribution in [3.05, 3.63) is 66.6 Å². The summed E-state index contributed by atoms with van der Waals surface area (Å²) in [5, 5.41) is 14.3. The predicted molar refractivity (Wildman–Crippen MR) is 126 cm³/mol. The number of amides is 1. The van der Waals surface area contributed by atoms with Crippen LogP contribution in [0.2, 0.25) is 0 Å². The minimum absolute atomic E-state index is 0.0232. The van der Waals surface area contributed by atoms with Gasteiger partial charge in [0.05, 0.1) is 17.7 Å². The van der Waals surface area contributed by atoms with Gasteiger partial charge < -0.3 is 15.2 Å². The number of hydrogen-bond acceptors (Lipinski definition) is 6. The fourth-order valence-electron chi connectivity index (χ4n) is 4.15. The highest BCUT2D eigenvalue weighted by Gasteiger charge is 2.26. The maximum atomic E-state index is 13.7. The van der Waals surface area contributed by atoms with Crippen LogP contribution in [0.4, 0.5) is 10.1 Å². The second-order valence-corrected chi connectivity index (χ2v) is 8.40. The summed E-state index contributed by atoms with van der Waals surface area (Å²) in [7, 11) is 0. The van der Waals surface area contributed by atoms with Crippen molar-refractivity contribution in [1.82, 2.24) is 14.8 Å². The second-order valence-electron chi connectivity index (χ2n) is 8.40. The van der Waals surface area contributed by atoms with Crippen LogP contribution in [-0.2, 0) is 4.79 Å². The number of aliphatic hydroxyl groups is 1. The average molecular weight is 453 g/mol. The van der Waals surface area contributed by atoms with E-state index in [1.807, 2.05) is 30.3 Å². The molecule has 33 heavy (non-hydrogen) atoms. The minimum atomic E-state index is -0.735. The quantitative estimate of drug-likeness (QED) is 0.547. The van der Waals surface area contributed by atoms with Gasteiger partial charge in [-0.2, -0.15) is 0 Å². The van der Waals surface area contributed by atoms with Crippen molar-refractivity contribution >= 4 is 22.5 Å². The Morgan fingerprint density at radius 1 is 1.21 bits per heavy atom. The van der Waals surface area contributed by atoms with Crippen molar-refractivity contribution < 1.29 is 19.0 Å². The molecule has 4 rings (SSSR count). The highest BCUT2D eigenvalue weighted by atomic mass is 19.1. The number of rotatable bonds is 8. The van der Waals surface area contributed by atoms with Gasteiger partial charge in [0.2, 0.25) is 5.91 Å². The number of para-hydroxylation sites is 2. The molecular formula is C25H29FN4O3. The van der Waals surface area contributed by atoms with Gasteiger partial charge in [-0.05, 0) is 31.2 Å². The molecule has 0 saturated carbocycles. The molecular weight excluding hydrogens is 423 g/mol. The second kappa shape index (κ2) is 10.7. The normalized spacial score (nSPS) is 18.2. The number of carbonyl (C=O) groups is 1. The van der Waals surface area contributed by atoms with E-state index in [1.54, 1.807) is 24.4 Å². The van der Waals surface area contributed by atoms with E-state index in [0.29, 0.717) is 31.9 Å². The molecule has 7 nitrogen and oxygen atoms in total. The van der Waals surface area contributed by atoms with E-state index in [9.17, 15) is 14.3 Å². The Bertz CT molecular complexity index is 1090. The van der Waals surface area contributed by atoms with Gasteiger partial charge in [-0.3, -0.25) is 19.6 Å². The number of benzene rings is 2. The van der Waals surface area contributed by atoms with Gasteiger partial charge in [0.1, 0.15) is 12.7 Å². The highest BCUT2D eigenvalue weighted by Crippen LogP contribution is 2.21. The van der Waals surface area contributed by atoms with Crippen LogP contribution >= 0.6 is 0 Å². The molecule has 1 aromatic heterocycles. The number of hydrogen-bond donors (Lipinski definition) is 2. The average Bonchev–Trinajstić information content (AvgIpc) is 2.80. The van der Waals surface area contributed by atoms with E-state index in [-0.39, 0.29) is 24.3 Å². The fourth-order valence-corrected chi connectivity index (χ4v) is 4.15. The Hall–Kier alpha value is -3.07. The Balaban J connectivity index is 1.24. The first-order valence-electron chi connectivity index (χ1n) is 11.1. The largest absolute Gasteiger partial charge is 0.488 e. The van der Waals surface area contributed by atoms with Gasteiger partial charge >= 0.3 is 0 Å². The van der Waals surface area contributed by atoms with Crippen molar-refractivity contribution in [2.24, 2.45) is 0 Å². The number of carbonyl (C=O) groups excluding carboxylic acids is 1. The van der Waals surface area contributed by atoms with Crippen LogP contribution in [-0.4, -0.2) is 77.3 Å². The number of piperazine rings is 1. The van der Waals surface area contributed by atoms with Crippen LogP contribution in [0.1, 0.15) is 6.92 Å². The Labute approximate surface area is 192 Å². The molecule has 0 radical (unpaired) electrons. The lowest BCUT2D eigenvalue weighted by atomic mass is 10.1. The molecule has 0 bridgehead atoms. The third-order valence-electron chi connectivity index (χ3n) is 5.84. The van der Waals surface area contributed by atoms with E-state index in [0.717, 1.165) is 17.4 Å². The summed E-state index contributed by atoms with van der Waals surface area (Å²) < 4.78 is 19.1. The molecule has 0 spiro atoms. The topological polar surface area (TPSA) is 77.9 Å². The van der Waals surface area contributed by atoms with Gasteiger partial charge in [0.15, 0.2) is 11.6 Å². The van der Waals surface area contributed by atoms with E-state index in [1.165, 1.54) is 6.07 Å². The van der Waals surface area contributed by atoms with Gasteiger partial charge in [-0.15, -0.1) is 0 Å². The minimum Gasteiger partial charge on any atom is -0.488 e. The van der Waals surface area contributed by atoms with Crippen molar-refractivity contribution in [3.8, 4) is 5.75 Å². The number of halogens is 1. The standard InChI is InChI=1S/C25H29FN4O3/c1-18-14-29(16-24(32)28-22-9-4-6-19-7-5-11-27-25(19)22)12-13-30(18)15-20(31)17-33-23-10-3-2-8-21(23)26/h2-11,18,20,31H,12-17H2,1H3,(H,28,32). The molecule has 2 unspecified atom stereocenters. The van der Waals surface area contributed by atoms with Crippen LogP contribution in [0.5, 0.6) is 5.75 Å². The molecule has 1 amide bonds. The Kier molecular flexibility index (Phi) is 7.49. The third-order valence-corrected chi connectivity index (χ3v) is 5.84. The molecule has 2 aromatic carbocycles. The van der Waals surface area contributed by atoms with Crippen LogP contribution < -0.4 is 10.1 Å². The van der Waals surface area contributed by atoms with E-state index < -0.39 is 11.9 Å². The lowest BCUT2D eigenvalue weighted by molar-refractivity contribution is -0.118. The smallest absolute Gasteiger partial charge is 0.238 e. The van der Waals surface area contributed by atoms with E-state index >= 15 is 0 Å². The summed E-state index contributed by atoms with van der Waals surface area (Å²) in [6, 6.07) is 15.9. The molecule has 1 aliphatic heterocycles. The molecule has 8 heteroatoms. The summed E-state index contributed by atoms with van der Waals surface area (Å²) in [5.74, 6) is -0.377. The number of nitrogens with zero attached hydrogens (tertiary/aromatic N) is 3.